The van der Waals surface area contributed by atoms with Gasteiger partial charge in [-0.3, -0.25) is 0 Å². The summed E-state index contributed by atoms with van der Waals surface area (Å²) in [5.74, 6) is 0. The molecule has 32 heavy (non-hydrogen) atoms. The maximum atomic E-state index is 5.62. The topological polar surface area (TPSA) is 104 Å². The summed E-state index contributed by atoms with van der Waals surface area (Å²) >= 11 is 0. The Morgan fingerprint density at radius 1 is 0.281 bits per heavy atom. The Kier molecular flexibility index (Phi) is 9.43. The molecule has 4 aromatic carbocycles. The van der Waals surface area contributed by atoms with E-state index in [1.165, 1.54) is 19.6 Å². The number of hydrogen-bond acceptors (Lipinski definition) is 8. The van der Waals surface area contributed by atoms with E-state index in [2.05, 4.69) is 0 Å². The van der Waals surface area contributed by atoms with Crippen LogP contribution in [-0.2, 0) is 0 Å². The Morgan fingerprint density at radius 2 is 0.438 bits per heavy atom. The highest BCUT2D eigenvalue weighted by Gasteiger charge is 1.98. The summed E-state index contributed by atoms with van der Waals surface area (Å²) in [6.07, 6.45) is 0. The molecule has 8 heteroatoms. The molecule has 0 atom stereocenters. The van der Waals surface area contributed by atoms with E-state index in [1.807, 2.05) is 97.1 Å². The second kappa shape index (κ2) is 12.5. The van der Waals surface area contributed by atoms with Gasteiger partial charge in [-0.2, -0.15) is 0 Å². The zero-order valence-corrected chi connectivity index (χ0v) is 20.4. The average molecular weight is 497 g/mol. The van der Waals surface area contributed by atoms with Crippen molar-refractivity contribution in [2.75, 3.05) is 22.9 Å². The van der Waals surface area contributed by atoms with Gasteiger partial charge in [0, 0.05) is 42.3 Å². The Labute approximate surface area is 204 Å². The molecule has 0 unspecified atom stereocenters. The SMILES string of the molecule is Nc1ccc(SSc2ccc(N)cc2)cc1.Nc1ccc(SSc2ccc(N)cc2)cc1. The van der Waals surface area contributed by atoms with Crippen LogP contribution >= 0.6 is 43.2 Å². The summed E-state index contributed by atoms with van der Waals surface area (Å²) < 4.78 is 0. The van der Waals surface area contributed by atoms with Crippen molar-refractivity contribution in [1.82, 2.24) is 0 Å². The molecular formula is C24H24N4S4. The van der Waals surface area contributed by atoms with Gasteiger partial charge in [0.25, 0.3) is 0 Å². The first-order chi connectivity index (χ1) is 15.5. The standard InChI is InChI=1S/2C12H12N2S2/c2*13-9-1-5-11(6-2-9)15-16-12-7-3-10(14)4-8-12/h2*1-8H,13-14H2. The zero-order chi connectivity index (χ0) is 22.8. The van der Waals surface area contributed by atoms with Gasteiger partial charge in [-0.1, -0.05) is 43.2 Å². The predicted octanol–water partition coefficient (Wildman–Crippen LogP) is 7.30. The molecule has 0 bridgehead atoms. The van der Waals surface area contributed by atoms with Gasteiger partial charge in [-0.25, -0.2) is 0 Å². The lowest BCUT2D eigenvalue weighted by Gasteiger charge is -2.02. The maximum Gasteiger partial charge on any atom is 0.0314 e. The van der Waals surface area contributed by atoms with Gasteiger partial charge in [-0.15, -0.1) is 0 Å². The molecule has 0 saturated carbocycles. The van der Waals surface area contributed by atoms with E-state index in [4.69, 9.17) is 22.9 Å². The Hall–Kier alpha value is -2.52. The normalized spacial score (nSPS) is 10.2. The van der Waals surface area contributed by atoms with Crippen LogP contribution in [0.15, 0.2) is 117 Å². The van der Waals surface area contributed by atoms with Crippen molar-refractivity contribution in [3.8, 4) is 0 Å². The van der Waals surface area contributed by atoms with Gasteiger partial charge >= 0.3 is 0 Å². The molecule has 0 fully saturated rings. The lowest BCUT2D eigenvalue weighted by atomic mass is 10.3. The molecule has 0 heterocycles. The van der Waals surface area contributed by atoms with Crippen LogP contribution in [0.25, 0.3) is 0 Å². The molecule has 164 valence electrons. The predicted molar refractivity (Wildman–Crippen MR) is 147 cm³/mol. The fourth-order valence-electron chi connectivity index (χ4n) is 2.29. The van der Waals surface area contributed by atoms with E-state index in [0.717, 1.165) is 22.7 Å². The molecule has 0 saturated heterocycles. The molecule has 0 aliphatic rings. The summed E-state index contributed by atoms with van der Waals surface area (Å²) in [7, 11) is 6.83. The average Bonchev–Trinajstić information content (AvgIpc) is 2.81. The van der Waals surface area contributed by atoms with Gasteiger partial charge in [0.15, 0.2) is 0 Å². The van der Waals surface area contributed by atoms with Crippen LogP contribution < -0.4 is 22.9 Å². The van der Waals surface area contributed by atoms with Gasteiger partial charge in [-0.05, 0) is 97.1 Å². The summed E-state index contributed by atoms with van der Waals surface area (Å²) in [6.45, 7) is 0. The fourth-order valence-corrected chi connectivity index (χ4v) is 6.15. The first-order valence-corrected chi connectivity index (χ1v) is 13.9. The van der Waals surface area contributed by atoms with Crippen molar-refractivity contribution < 1.29 is 0 Å². The third-order valence-corrected chi connectivity index (χ3v) is 8.82. The molecule has 4 nitrogen and oxygen atoms in total. The minimum Gasteiger partial charge on any atom is -0.399 e. The lowest BCUT2D eigenvalue weighted by Crippen LogP contribution is -1.82. The highest BCUT2D eigenvalue weighted by molar-refractivity contribution is 8.77. The van der Waals surface area contributed by atoms with Crippen LogP contribution in [0.4, 0.5) is 22.7 Å². The molecular weight excluding hydrogens is 473 g/mol. The van der Waals surface area contributed by atoms with Crippen LogP contribution in [0.3, 0.4) is 0 Å². The van der Waals surface area contributed by atoms with Crippen LogP contribution in [0.2, 0.25) is 0 Å². The summed E-state index contributed by atoms with van der Waals surface area (Å²) in [4.78, 5) is 4.76. The van der Waals surface area contributed by atoms with Crippen LogP contribution in [0.1, 0.15) is 0 Å². The van der Waals surface area contributed by atoms with Gasteiger partial charge < -0.3 is 22.9 Å². The van der Waals surface area contributed by atoms with Crippen molar-refractivity contribution in [3.63, 3.8) is 0 Å². The molecule has 8 N–H and O–H groups in total. The number of benzene rings is 4. The van der Waals surface area contributed by atoms with E-state index < -0.39 is 0 Å². The van der Waals surface area contributed by atoms with Crippen LogP contribution in [0.5, 0.6) is 0 Å². The third-order valence-electron chi connectivity index (χ3n) is 3.99. The fraction of sp³-hybridized carbons (Fsp3) is 0. The molecule has 0 amide bonds. The van der Waals surface area contributed by atoms with Crippen molar-refractivity contribution in [1.29, 1.82) is 0 Å². The van der Waals surface area contributed by atoms with Gasteiger partial charge in [0.1, 0.15) is 0 Å². The summed E-state index contributed by atoms with van der Waals surface area (Å²) in [5, 5.41) is 0. The lowest BCUT2D eigenvalue weighted by molar-refractivity contribution is 1.47. The van der Waals surface area contributed by atoms with E-state index in [1.54, 1.807) is 43.2 Å². The van der Waals surface area contributed by atoms with Crippen molar-refractivity contribution in [3.05, 3.63) is 97.1 Å². The molecule has 0 spiro atoms. The van der Waals surface area contributed by atoms with Gasteiger partial charge in [0.05, 0.1) is 0 Å². The number of nitrogens with two attached hydrogens (primary N) is 4. The smallest absolute Gasteiger partial charge is 0.0314 e. The molecule has 0 aromatic heterocycles. The zero-order valence-electron chi connectivity index (χ0n) is 17.2. The highest BCUT2D eigenvalue weighted by Crippen LogP contribution is 2.38. The molecule has 4 rings (SSSR count). The second-order valence-electron chi connectivity index (χ2n) is 6.61. The second-order valence-corrected chi connectivity index (χ2v) is 11.2. The monoisotopic (exact) mass is 496 g/mol. The van der Waals surface area contributed by atoms with E-state index in [9.17, 15) is 0 Å². The minimum absolute atomic E-state index is 0.793. The van der Waals surface area contributed by atoms with Gasteiger partial charge in [0.2, 0.25) is 0 Å². The first-order valence-electron chi connectivity index (χ1n) is 9.59. The quantitative estimate of drug-likeness (QED) is 0.163. The number of hydrogen-bond donors (Lipinski definition) is 4. The molecule has 4 aromatic rings. The first kappa shape index (κ1) is 24.1. The summed E-state index contributed by atoms with van der Waals surface area (Å²) in [6, 6.07) is 31.4. The maximum absolute atomic E-state index is 5.62. The van der Waals surface area contributed by atoms with Crippen molar-refractivity contribution in [2.24, 2.45) is 0 Å². The Bertz CT molecular complexity index is 903. The Balaban J connectivity index is 0.000000181. The largest absolute Gasteiger partial charge is 0.399 e. The minimum atomic E-state index is 0.793. The molecule has 0 aliphatic heterocycles. The van der Waals surface area contributed by atoms with Crippen LogP contribution in [0, 0.1) is 0 Å². The number of nitrogen functional groups attached to an aromatic ring is 4. The van der Waals surface area contributed by atoms with Crippen molar-refractivity contribution >= 4 is 65.9 Å². The van der Waals surface area contributed by atoms with E-state index >= 15 is 0 Å². The number of rotatable bonds is 6. The molecule has 0 aliphatic carbocycles. The number of anilines is 4. The highest BCUT2D eigenvalue weighted by atomic mass is 33.1. The van der Waals surface area contributed by atoms with E-state index in [-0.39, 0.29) is 0 Å². The third kappa shape index (κ3) is 8.55. The van der Waals surface area contributed by atoms with Crippen molar-refractivity contribution in [2.45, 2.75) is 19.6 Å². The molecule has 0 radical (unpaired) electrons. The summed E-state index contributed by atoms with van der Waals surface area (Å²) in [5.41, 5.74) is 25.7. The Morgan fingerprint density at radius 3 is 0.594 bits per heavy atom. The van der Waals surface area contributed by atoms with Crippen LogP contribution in [-0.4, -0.2) is 0 Å². The van der Waals surface area contributed by atoms with E-state index in [0.29, 0.717) is 0 Å².